The summed E-state index contributed by atoms with van der Waals surface area (Å²) in [5.74, 6) is 0.0837. The van der Waals surface area contributed by atoms with Crippen LogP contribution in [0, 0.1) is 0 Å². The summed E-state index contributed by atoms with van der Waals surface area (Å²) < 4.78 is 6.56. The number of methoxy groups -OCH3 is 1. The van der Waals surface area contributed by atoms with Crippen molar-refractivity contribution in [3.8, 4) is 0 Å². The number of piperidine rings is 1. The molecule has 7 heteroatoms. The molecule has 1 atom stereocenters. The van der Waals surface area contributed by atoms with Crippen LogP contribution < -0.4 is 10.5 Å². The van der Waals surface area contributed by atoms with E-state index in [4.69, 9.17) is 16.3 Å². The van der Waals surface area contributed by atoms with E-state index < -0.39 is 6.10 Å². The van der Waals surface area contributed by atoms with E-state index in [0.29, 0.717) is 6.10 Å². The number of hydrogen-bond acceptors (Lipinski definition) is 5. The second-order valence-electron chi connectivity index (χ2n) is 4.96. The van der Waals surface area contributed by atoms with Crippen molar-refractivity contribution < 1.29 is 9.84 Å². The SMILES string of the molecule is COC1CCN(c2cnn(CC(O)CCl)c(=O)c2)CC1. The van der Waals surface area contributed by atoms with Gasteiger partial charge in [-0.2, -0.15) is 5.10 Å². The molecule has 1 fully saturated rings. The molecular weight excluding hydrogens is 282 g/mol. The van der Waals surface area contributed by atoms with Crippen LogP contribution in [0.5, 0.6) is 0 Å². The topological polar surface area (TPSA) is 67.6 Å². The number of halogens is 1. The summed E-state index contributed by atoms with van der Waals surface area (Å²) in [6.07, 6.45) is 3.11. The Bertz CT molecular complexity index is 486. The van der Waals surface area contributed by atoms with Crippen molar-refractivity contribution in [3.63, 3.8) is 0 Å². The summed E-state index contributed by atoms with van der Waals surface area (Å²) >= 11 is 5.52. The minimum Gasteiger partial charge on any atom is -0.390 e. The van der Waals surface area contributed by atoms with Gasteiger partial charge in [0, 0.05) is 26.3 Å². The Morgan fingerprint density at radius 2 is 2.25 bits per heavy atom. The van der Waals surface area contributed by atoms with Crippen LogP contribution in [0.25, 0.3) is 0 Å². The summed E-state index contributed by atoms with van der Waals surface area (Å²) in [4.78, 5) is 14.1. The van der Waals surface area contributed by atoms with Crippen LogP contribution in [0.15, 0.2) is 17.1 Å². The molecule has 1 N–H and O–H groups in total. The maximum Gasteiger partial charge on any atom is 0.268 e. The van der Waals surface area contributed by atoms with Gasteiger partial charge in [-0.05, 0) is 12.8 Å². The van der Waals surface area contributed by atoms with Crippen molar-refractivity contribution in [2.24, 2.45) is 0 Å². The fourth-order valence-corrected chi connectivity index (χ4v) is 2.43. The molecule has 0 amide bonds. The van der Waals surface area contributed by atoms with Crippen LogP contribution in [0.1, 0.15) is 12.8 Å². The number of anilines is 1. The van der Waals surface area contributed by atoms with E-state index in [1.807, 2.05) is 0 Å². The van der Waals surface area contributed by atoms with E-state index in [-0.39, 0.29) is 18.0 Å². The number of aliphatic hydroxyl groups is 1. The first-order chi connectivity index (χ1) is 9.63. The van der Waals surface area contributed by atoms with E-state index in [1.165, 1.54) is 4.68 Å². The summed E-state index contributed by atoms with van der Waals surface area (Å²) in [7, 11) is 1.73. The van der Waals surface area contributed by atoms with Crippen LogP contribution in [-0.4, -0.2) is 53.2 Å². The molecule has 1 unspecified atom stereocenters. The zero-order valence-electron chi connectivity index (χ0n) is 11.5. The predicted octanol–water partition coefficient (Wildman–Crippen LogP) is 0.458. The van der Waals surface area contributed by atoms with Crippen molar-refractivity contribution >= 4 is 17.3 Å². The molecule has 20 heavy (non-hydrogen) atoms. The van der Waals surface area contributed by atoms with Gasteiger partial charge in [-0.1, -0.05) is 0 Å². The van der Waals surface area contributed by atoms with Crippen molar-refractivity contribution in [3.05, 3.63) is 22.6 Å². The molecule has 1 aromatic rings. The molecule has 0 bridgehead atoms. The lowest BCUT2D eigenvalue weighted by Gasteiger charge is -2.32. The van der Waals surface area contributed by atoms with Crippen LogP contribution in [0.2, 0.25) is 0 Å². The zero-order valence-corrected chi connectivity index (χ0v) is 12.3. The molecule has 0 aromatic carbocycles. The Labute approximate surface area is 122 Å². The number of aliphatic hydroxyl groups excluding tert-OH is 1. The highest BCUT2D eigenvalue weighted by Crippen LogP contribution is 2.18. The fraction of sp³-hybridized carbons (Fsp3) is 0.692. The monoisotopic (exact) mass is 301 g/mol. The molecule has 1 aliphatic heterocycles. The van der Waals surface area contributed by atoms with Crippen molar-refractivity contribution in [1.82, 2.24) is 9.78 Å². The second kappa shape index (κ2) is 7.06. The van der Waals surface area contributed by atoms with Gasteiger partial charge >= 0.3 is 0 Å². The average Bonchev–Trinajstić information content (AvgIpc) is 2.49. The van der Waals surface area contributed by atoms with E-state index in [9.17, 15) is 9.90 Å². The summed E-state index contributed by atoms with van der Waals surface area (Å²) in [6, 6.07) is 1.56. The zero-order chi connectivity index (χ0) is 14.5. The van der Waals surface area contributed by atoms with Gasteiger partial charge in [-0.3, -0.25) is 4.79 Å². The Morgan fingerprint density at radius 3 is 2.80 bits per heavy atom. The fourth-order valence-electron chi connectivity index (χ4n) is 2.33. The molecule has 1 saturated heterocycles. The van der Waals surface area contributed by atoms with Crippen molar-refractivity contribution in [1.29, 1.82) is 0 Å². The van der Waals surface area contributed by atoms with Gasteiger partial charge in [0.15, 0.2) is 0 Å². The lowest BCUT2D eigenvalue weighted by Crippen LogP contribution is -2.38. The molecule has 0 spiro atoms. The lowest BCUT2D eigenvalue weighted by atomic mass is 10.1. The largest absolute Gasteiger partial charge is 0.390 e. The third-order valence-corrected chi connectivity index (χ3v) is 3.91. The first-order valence-corrected chi connectivity index (χ1v) is 7.26. The lowest BCUT2D eigenvalue weighted by molar-refractivity contribution is 0.0819. The van der Waals surface area contributed by atoms with Gasteiger partial charge in [0.1, 0.15) is 0 Å². The van der Waals surface area contributed by atoms with Gasteiger partial charge in [-0.15, -0.1) is 11.6 Å². The summed E-state index contributed by atoms with van der Waals surface area (Å²) in [6.45, 7) is 1.83. The van der Waals surface area contributed by atoms with Crippen LogP contribution >= 0.6 is 11.6 Å². The quantitative estimate of drug-likeness (QED) is 0.800. The third kappa shape index (κ3) is 3.71. The molecule has 0 radical (unpaired) electrons. The molecule has 0 saturated carbocycles. The number of ether oxygens (including phenoxy) is 1. The first kappa shape index (κ1) is 15.3. The first-order valence-electron chi connectivity index (χ1n) is 6.73. The molecule has 112 valence electrons. The number of rotatable bonds is 5. The smallest absolute Gasteiger partial charge is 0.268 e. The highest BCUT2D eigenvalue weighted by atomic mass is 35.5. The predicted molar refractivity (Wildman–Crippen MR) is 77.5 cm³/mol. The van der Waals surface area contributed by atoms with E-state index in [1.54, 1.807) is 19.4 Å². The minimum atomic E-state index is -0.759. The van der Waals surface area contributed by atoms with Gasteiger partial charge in [0.25, 0.3) is 5.56 Å². The van der Waals surface area contributed by atoms with Gasteiger partial charge in [0.05, 0.1) is 36.5 Å². The molecule has 0 aliphatic carbocycles. The van der Waals surface area contributed by atoms with Crippen molar-refractivity contribution in [2.75, 3.05) is 31.0 Å². The molecule has 2 rings (SSSR count). The van der Waals surface area contributed by atoms with Crippen LogP contribution in [0.3, 0.4) is 0 Å². The Kier molecular flexibility index (Phi) is 5.39. The van der Waals surface area contributed by atoms with Crippen LogP contribution in [-0.2, 0) is 11.3 Å². The molecular formula is C13H20ClN3O3. The van der Waals surface area contributed by atoms with E-state index >= 15 is 0 Å². The van der Waals surface area contributed by atoms with Gasteiger partial charge in [-0.25, -0.2) is 4.68 Å². The molecule has 1 aliphatic rings. The second-order valence-corrected chi connectivity index (χ2v) is 5.27. The maximum absolute atomic E-state index is 11.9. The minimum absolute atomic E-state index is 0.0837. The molecule has 6 nitrogen and oxygen atoms in total. The summed E-state index contributed by atoms with van der Waals surface area (Å²) in [5, 5.41) is 13.5. The van der Waals surface area contributed by atoms with E-state index in [0.717, 1.165) is 31.6 Å². The standard InChI is InChI=1S/C13H20ClN3O3/c1-20-12-2-4-16(5-3-12)10-6-13(19)17(15-8-10)9-11(18)7-14/h6,8,11-12,18H,2-5,7,9H2,1H3. The van der Waals surface area contributed by atoms with Gasteiger partial charge in [0.2, 0.25) is 0 Å². The number of hydrogen-bond donors (Lipinski definition) is 1. The highest BCUT2D eigenvalue weighted by molar-refractivity contribution is 6.18. The molecule has 1 aromatic heterocycles. The highest BCUT2D eigenvalue weighted by Gasteiger charge is 2.19. The number of nitrogens with zero attached hydrogens (tertiary/aromatic N) is 3. The summed E-state index contributed by atoms with van der Waals surface area (Å²) in [5.41, 5.74) is 0.599. The normalized spacial score (nSPS) is 18.2. The Hall–Kier alpha value is -1.11. The number of alkyl halides is 1. The average molecular weight is 302 g/mol. The van der Waals surface area contributed by atoms with Crippen molar-refractivity contribution in [2.45, 2.75) is 31.6 Å². The Morgan fingerprint density at radius 1 is 1.55 bits per heavy atom. The van der Waals surface area contributed by atoms with Gasteiger partial charge < -0.3 is 14.7 Å². The number of aromatic nitrogens is 2. The third-order valence-electron chi connectivity index (χ3n) is 3.56. The van der Waals surface area contributed by atoms with E-state index in [2.05, 4.69) is 10.00 Å². The Balaban J connectivity index is 2.04. The molecule has 2 heterocycles. The van der Waals surface area contributed by atoms with Crippen LogP contribution in [0.4, 0.5) is 5.69 Å². The maximum atomic E-state index is 11.9.